The third kappa shape index (κ3) is 6.48. The Labute approximate surface area is 223 Å². The zero-order valence-electron chi connectivity index (χ0n) is 20.3. The number of ether oxygens (including phenoxy) is 2. The topological polar surface area (TPSA) is 95.2 Å². The van der Waals surface area contributed by atoms with Crippen LogP contribution in [0.2, 0.25) is 0 Å². The molecule has 2 heterocycles. The number of rotatable bonds is 6. The fourth-order valence-corrected chi connectivity index (χ4v) is 4.82. The molecule has 0 saturated carbocycles. The van der Waals surface area contributed by atoms with Gasteiger partial charge >= 0.3 is 0 Å². The van der Waals surface area contributed by atoms with Crippen molar-refractivity contribution in [1.82, 2.24) is 0 Å². The zero-order chi connectivity index (χ0) is 23.5. The largest absolute Gasteiger partial charge is 0.485 e. The molecule has 0 spiro atoms. The van der Waals surface area contributed by atoms with Crippen molar-refractivity contribution in [2.24, 2.45) is 21.5 Å². The molecular formula is C26H32Cl2N4O2S. The molecule has 0 radical (unpaired) electrons. The van der Waals surface area contributed by atoms with Crippen molar-refractivity contribution < 1.29 is 9.47 Å². The molecule has 1 aliphatic rings. The highest BCUT2D eigenvalue weighted by atomic mass is 35.5. The highest BCUT2D eigenvalue weighted by Gasteiger charge is 2.26. The van der Waals surface area contributed by atoms with Crippen molar-refractivity contribution in [3.8, 4) is 32.4 Å². The van der Waals surface area contributed by atoms with Crippen LogP contribution in [0.4, 0.5) is 0 Å². The van der Waals surface area contributed by atoms with Gasteiger partial charge in [-0.2, -0.15) is 0 Å². The first kappa shape index (κ1) is 28.5. The summed E-state index contributed by atoms with van der Waals surface area (Å²) in [5.41, 5.74) is 16.2. The maximum absolute atomic E-state index is 6.13. The molecule has 0 fully saturated rings. The van der Waals surface area contributed by atoms with Crippen LogP contribution in [-0.4, -0.2) is 37.0 Å². The molecule has 0 amide bonds. The van der Waals surface area contributed by atoms with Crippen molar-refractivity contribution >= 4 is 47.8 Å². The maximum Gasteiger partial charge on any atom is 0.180 e. The van der Waals surface area contributed by atoms with Crippen molar-refractivity contribution in [3.63, 3.8) is 0 Å². The maximum atomic E-state index is 6.13. The quantitative estimate of drug-likeness (QED) is 0.302. The van der Waals surface area contributed by atoms with Crippen LogP contribution < -0.4 is 20.9 Å². The van der Waals surface area contributed by atoms with Gasteiger partial charge in [-0.3, -0.25) is 9.98 Å². The molecule has 188 valence electrons. The smallest absolute Gasteiger partial charge is 0.180 e. The van der Waals surface area contributed by atoms with E-state index in [9.17, 15) is 0 Å². The Morgan fingerprint density at radius 1 is 0.686 bits per heavy atom. The third-order valence-electron chi connectivity index (χ3n) is 5.08. The highest BCUT2D eigenvalue weighted by molar-refractivity contribution is 7.19. The minimum absolute atomic E-state index is 0. The molecule has 3 aromatic rings. The van der Waals surface area contributed by atoms with Crippen LogP contribution in [0, 0.1) is 0 Å². The predicted molar refractivity (Wildman–Crippen MR) is 152 cm³/mol. The van der Waals surface area contributed by atoms with Crippen molar-refractivity contribution in [1.29, 1.82) is 0 Å². The number of aliphatic imine (C=N–C) groups is 2. The summed E-state index contributed by atoms with van der Waals surface area (Å²) in [5, 5.41) is 0. The second-order valence-electron chi connectivity index (χ2n) is 8.49. The summed E-state index contributed by atoms with van der Waals surface area (Å²) in [5.74, 6) is 2.68. The molecule has 4 N–H and O–H groups in total. The van der Waals surface area contributed by atoms with Gasteiger partial charge < -0.3 is 20.9 Å². The van der Waals surface area contributed by atoms with E-state index in [-0.39, 0.29) is 36.9 Å². The Balaban J connectivity index is 0.00000216. The first-order valence-electron chi connectivity index (χ1n) is 11.1. The van der Waals surface area contributed by atoms with Crippen LogP contribution in [-0.2, 0) is 0 Å². The lowest BCUT2D eigenvalue weighted by molar-refractivity contribution is 0.175. The van der Waals surface area contributed by atoms with E-state index in [1.54, 1.807) is 11.3 Å². The van der Waals surface area contributed by atoms with Crippen molar-refractivity contribution in [2.75, 3.05) is 13.2 Å². The Bertz CT molecular complexity index is 1100. The van der Waals surface area contributed by atoms with Gasteiger partial charge in [0.25, 0.3) is 0 Å². The fourth-order valence-electron chi connectivity index (χ4n) is 3.62. The van der Waals surface area contributed by atoms with E-state index in [1.165, 1.54) is 0 Å². The van der Waals surface area contributed by atoms with Crippen LogP contribution in [0.25, 0.3) is 20.9 Å². The van der Waals surface area contributed by atoms with E-state index < -0.39 is 0 Å². The standard InChI is InChI=1S/C26H30N4O2S.2ClH/c1-15(2)29-25(27)19-9-5-17(6-10-19)23-21-22(32-14-13-31-21)24(33-23)18-7-11-20(12-8-18)26(28)30-16(3)4;;/h5-12,15-16H,13-14H2,1-4H3,(H2,27,29)(H2,28,30);2*1H. The molecule has 9 heteroatoms. The summed E-state index contributed by atoms with van der Waals surface area (Å²) in [4.78, 5) is 10.9. The molecule has 4 rings (SSSR count). The number of nitrogens with zero attached hydrogens (tertiary/aromatic N) is 2. The summed E-state index contributed by atoms with van der Waals surface area (Å²) in [7, 11) is 0. The summed E-state index contributed by atoms with van der Waals surface area (Å²) >= 11 is 1.66. The minimum Gasteiger partial charge on any atom is -0.485 e. The molecule has 0 saturated heterocycles. The first-order chi connectivity index (χ1) is 15.8. The van der Waals surface area contributed by atoms with Crippen LogP contribution in [0.3, 0.4) is 0 Å². The van der Waals surface area contributed by atoms with E-state index in [1.807, 2.05) is 52.0 Å². The van der Waals surface area contributed by atoms with Crippen molar-refractivity contribution in [3.05, 3.63) is 59.7 Å². The predicted octanol–water partition coefficient (Wildman–Crippen LogP) is 5.92. The van der Waals surface area contributed by atoms with E-state index in [4.69, 9.17) is 20.9 Å². The van der Waals surface area contributed by atoms with E-state index in [0.717, 1.165) is 43.5 Å². The third-order valence-corrected chi connectivity index (χ3v) is 6.33. The number of nitrogens with two attached hydrogens (primary N) is 2. The second kappa shape index (κ2) is 12.3. The lowest BCUT2D eigenvalue weighted by atomic mass is 10.1. The summed E-state index contributed by atoms with van der Waals surface area (Å²) < 4.78 is 12.1. The lowest BCUT2D eigenvalue weighted by Crippen LogP contribution is -2.16. The first-order valence-corrected chi connectivity index (χ1v) is 12.0. The van der Waals surface area contributed by atoms with Gasteiger partial charge in [0, 0.05) is 23.2 Å². The van der Waals surface area contributed by atoms with Gasteiger partial charge in [0.15, 0.2) is 11.5 Å². The number of amidine groups is 2. The number of halogens is 2. The van der Waals surface area contributed by atoms with Gasteiger partial charge in [-0.05, 0) is 38.8 Å². The summed E-state index contributed by atoms with van der Waals surface area (Å²) in [6.07, 6.45) is 0. The van der Waals surface area contributed by atoms with E-state index in [2.05, 4.69) is 34.3 Å². The molecule has 0 bridgehead atoms. The number of hydrogen-bond donors (Lipinski definition) is 2. The Morgan fingerprint density at radius 2 is 1.03 bits per heavy atom. The molecule has 35 heavy (non-hydrogen) atoms. The summed E-state index contributed by atoms with van der Waals surface area (Å²) in [6, 6.07) is 16.5. The monoisotopic (exact) mass is 534 g/mol. The molecule has 2 aromatic carbocycles. The van der Waals surface area contributed by atoms with E-state index >= 15 is 0 Å². The SMILES string of the molecule is CC(C)N=C(N)c1ccc(-c2sc(-c3ccc(C(N)=NC(C)C)cc3)c3c2OCCO3)cc1.Cl.Cl. The van der Waals surface area contributed by atoms with Gasteiger partial charge in [0.05, 0.1) is 9.75 Å². The Kier molecular flexibility index (Phi) is 10.0. The molecule has 6 nitrogen and oxygen atoms in total. The molecule has 0 aliphatic carbocycles. The Morgan fingerprint density at radius 3 is 1.34 bits per heavy atom. The van der Waals surface area contributed by atoms with Crippen molar-refractivity contribution in [2.45, 2.75) is 39.8 Å². The highest BCUT2D eigenvalue weighted by Crippen LogP contribution is 2.53. The lowest BCUT2D eigenvalue weighted by Gasteiger charge is -2.17. The fraction of sp³-hybridized carbons (Fsp3) is 0.308. The van der Waals surface area contributed by atoms with Gasteiger partial charge in [0.1, 0.15) is 24.9 Å². The molecule has 0 atom stereocenters. The zero-order valence-corrected chi connectivity index (χ0v) is 22.7. The van der Waals surface area contributed by atoms with Gasteiger partial charge in [0.2, 0.25) is 0 Å². The van der Waals surface area contributed by atoms with E-state index in [0.29, 0.717) is 24.9 Å². The number of benzene rings is 2. The second-order valence-corrected chi connectivity index (χ2v) is 9.51. The number of thiophene rings is 1. The van der Waals surface area contributed by atoms with Crippen LogP contribution >= 0.6 is 36.2 Å². The number of fused-ring (bicyclic) bond motifs is 1. The average Bonchev–Trinajstić information content (AvgIpc) is 3.18. The van der Waals surface area contributed by atoms with Crippen LogP contribution in [0.1, 0.15) is 38.8 Å². The number of hydrogen-bond acceptors (Lipinski definition) is 5. The molecule has 0 unspecified atom stereocenters. The normalized spacial score (nSPS) is 13.4. The average molecular weight is 536 g/mol. The van der Waals surface area contributed by atoms with Gasteiger partial charge in [-0.1, -0.05) is 48.5 Å². The molecule has 1 aromatic heterocycles. The van der Waals surface area contributed by atoms with Gasteiger partial charge in [-0.25, -0.2) is 0 Å². The molecular weight excluding hydrogens is 503 g/mol. The van der Waals surface area contributed by atoms with Crippen LogP contribution in [0.5, 0.6) is 11.5 Å². The molecule has 1 aliphatic heterocycles. The minimum atomic E-state index is 0. The Hall–Kier alpha value is -2.74. The van der Waals surface area contributed by atoms with Gasteiger partial charge in [-0.15, -0.1) is 36.2 Å². The van der Waals surface area contributed by atoms with Crippen LogP contribution in [0.15, 0.2) is 58.5 Å². The summed E-state index contributed by atoms with van der Waals surface area (Å²) in [6.45, 7) is 9.10.